The number of ether oxygens (including phenoxy) is 1. The van der Waals surface area contributed by atoms with Crippen LogP contribution in [0.3, 0.4) is 0 Å². The van der Waals surface area contributed by atoms with Crippen molar-refractivity contribution in [3.63, 3.8) is 0 Å². The smallest absolute Gasteiger partial charge is 0.0839 e. The van der Waals surface area contributed by atoms with E-state index in [4.69, 9.17) is 11.2 Å². The van der Waals surface area contributed by atoms with Gasteiger partial charge in [0.1, 0.15) is 0 Å². The zero-order chi connectivity index (χ0) is 10.1. The third kappa shape index (κ3) is 1.97. The van der Waals surface area contributed by atoms with E-state index in [9.17, 15) is 0 Å². The fourth-order valence-electron chi connectivity index (χ4n) is 2.31. The lowest BCUT2D eigenvalue weighted by Gasteiger charge is -2.46. The molecule has 1 saturated heterocycles. The van der Waals surface area contributed by atoms with Crippen molar-refractivity contribution in [3.05, 3.63) is 0 Å². The van der Waals surface area contributed by atoms with Crippen molar-refractivity contribution in [3.8, 4) is 12.5 Å². The van der Waals surface area contributed by atoms with E-state index in [1.807, 2.05) is 0 Å². The van der Waals surface area contributed by atoms with Crippen LogP contribution in [0.2, 0.25) is 0 Å². The Morgan fingerprint density at radius 2 is 2.15 bits per heavy atom. The lowest BCUT2D eigenvalue weighted by atomic mass is 9.86. The molecule has 0 aromatic rings. The molecule has 0 saturated carbocycles. The van der Waals surface area contributed by atoms with Crippen LogP contribution in [0.1, 0.15) is 27.7 Å². The Morgan fingerprint density at radius 1 is 1.54 bits per heavy atom. The van der Waals surface area contributed by atoms with Crippen LogP contribution in [0.4, 0.5) is 0 Å². The first kappa shape index (κ1) is 10.4. The molecule has 0 aromatic heterocycles. The largest absolute Gasteiger partial charge is 0.372 e. The Balaban J connectivity index is 2.85. The Bertz CT molecular complexity index is 215. The van der Waals surface area contributed by atoms with Gasteiger partial charge in [-0.25, -0.2) is 0 Å². The SMILES string of the molecule is C#CN1CCOC(C)(C)C1C(C)C. The molecule has 0 aromatic carbocycles. The number of terminal acetylenes is 1. The van der Waals surface area contributed by atoms with Crippen LogP contribution in [-0.2, 0) is 4.74 Å². The van der Waals surface area contributed by atoms with Gasteiger partial charge in [0.05, 0.1) is 18.2 Å². The van der Waals surface area contributed by atoms with Crippen molar-refractivity contribution < 1.29 is 4.74 Å². The normalized spacial score (nSPS) is 27.4. The van der Waals surface area contributed by atoms with Crippen molar-refractivity contribution in [1.29, 1.82) is 0 Å². The molecule has 1 aliphatic rings. The summed E-state index contributed by atoms with van der Waals surface area (Å²) in [4.78, 5) is 2.06. The summed E-state index contributed by atoms with van der Waals surface area (Å²) in [5.41, 5.74) is -0.126. The summed E-state index contributed by atoms with van der Waals surface area (Å²) in [5, 5.41) is 0. The van der Waals surface area contributed by atoms with E-state index < -0.39 is 0 Å². The number of rotatable bonds is 1. The lowest BCUT2D eigenvalue weighted by Crippen LogP contribution is -2.57. The molecule has 1 atom stereocenters. The molecule has 1 rings (SSSR count). The first-order valence-corrected chi connectivity index (χ1v) is 4.86. The van der Waals surface area contributed by atoms with E-state index in [-0.39, 0.29) is 5.60 Å². The zero-order valence-corrected chi connectivity index (χ0v) is 9.00. The van der Waals surface area contributed by atoms with E-state index in [1.165, 1.54) is 0 Å². The van der Waals surface area contributed by atoms with Gasteiger partial charge < -0.3 is 9.64 Å². The Hall–Kier alpha value is -0.680. The topological polar surface area (TPSA) is 12.5 Å². The second-order valence-electron chi connectivity index (χ2n) is 4.46. The summed E-state index contributed by atoms with van der Waals surface area (Å²) in [6.45, 7) is 10.2. The summed E-state index contributed by atoms with van der Waals surface area (Å²) in [7, 11) is 0. The zero-order valence-electron chi connectivity index (χ0n) is 9.00. The van der Waals surface area contributed by atoms with Gasteiger partial charge in [-0.05, 0) is 19.8 Å². The average Bonchev–Trinajstić information content (AvgIpc) is 2.01. The van der Waals surface area contributed by atoms with E-state index in [0.717, 1.165) is 13.2 Å². The molecule has 0 spiro atoms. The lowest BCUT2D eigenvalue weighted by molar-refractivity contribution is -0.122. The van der Waals surface area contributed by atoms with Gasteiger partial charge in [-0.1, -0.05) is 20.3 Å². The van der Waals surface area contributed by atoms with Crippen LogP contribution >= 0.6 is 0 Å². The van der Waals surface area contributed by atoms with Crippen molar-refractivity contribution in [1.82, 2.24) is 4.90 Å². The quantitative estimate of drug-likeness (QED) is 0.571. The molecule has 2 nitrogen and oxygen atoms in total. The molecule has 1 heterocycles. The maximum Gasteiger partial charge on any atom is 0.0839 e. The monoisotopic (exact) mass is 181 g/mol. The van der Waals surface area contributed by atoms with E-state index >= 15 is 0 Å². The predicted molar refractivity (Wildman–Crippen MR) is 54.2 cm³/mol. The van der Waals surface area contributed by atoms with Gasteiger partial charge in [-0.15, -0.1) is 0 Å². The molecule has 1 unspecified atom stereocenters. The van der Waals surface area contributed by atoms with Crippen LogP contribution in [-0.4, -0.2) is 29.7 Å². The standard InChI is InChI=1S/C11H19NO/c1-6-12-7-8-13-11(4,5)10(12)9(2)3/h1,9-10H,7-8H2,2-5H3. The Morgan fingerprint density at radius 3 is 2.54 bits per heavy atom. The van der Waals surface area contributed by atoms with Crippen LogP contribution in [0, 0.1) is 18.4 Å². The molecule has 13 heavy (non-hydrogen) atoms. The van der Waals surface area contributed by atoms with Crippen molar-refractivity contribution in [2.24, 2.45) is 5.92 Å². The fraction of sp³-hybridized carbons (Fsp3) is 0.818. The molecular formula is C11H19NO. The average molecular weight is 181 g/mol. The first-order valence-electron chi connectivity index (χ1n) is 4.86. The van der Waals surface area contributed by atoms with Gasteiger partial charge in [0.25, 0.3) is 0 Å². The maximum absolute atomic E-state index is 5.73. The second kappa shape index (κ2) is 3.59. The van der Waals surface area contributed by atoms with Crippen LogP contribution < -0.4 is 0 Å². The fourth-order valence-corrected chi connectivity index (χ4v) is 2.31. The number of morpholine rings is 1. The predicted octanol–water partition coefficient (Wildman–Crippen LogP) is 1.71. The number of nitrogens with zero attached hydrogens (tertiary/aromatic N) is 1. The van der Waals surface area contributed by atoms with Crippen LogP contribution in [0.15, 0.2) is 0 Å². The Kier molecular flexibility index (Phi) is 2.87. The van der Waals surface area contributed by atoms with Gasteiger partial charge in [-0.2, -0.15) is 0 Å². The summed E-state index contributed by atoms with van der Waals surface area (Å²) in [6.07, 6.45) is 5.47. The molecule has 1 fully saturated rings. The summed E-state index contributed by atoms with van der Waals surface area (Å²) < 4.78 is 5.73. The maximum atomic E-state index is 5.73. The van der Waals surface area contributed by atoms with E-state index in [0.29, 0.717) is 12.0 Å². The Labute approximate surface area is 81.3 Å². The van der Waals surface area contributed by atoms with Gasteiger partial charge in [0.15, 0.2) is 0 Å². The molecule has 2 heteroatoms. The highest BCUT2D eigenvalue weighted by Crippen LogP contribution is 2.29. The van der Waals surface area contributed by atoms with Crippen molar-refractivity contribution in [2.45, 2.75) is 39.3 Å². The number of hydrogen-bond donors (Lipinski definition) is 0. The summed E-state index contributed by atoms with van der Waals surface area (Å²) in [6, 6.07) is 3.07. The minimum absolute atomic E-state index is 0.126. The van der Waals surface area contributed by atoms with E-state index in [1.54, 1.807) is 0 Å². The van der Waals surface area contributed by atoms with Gasteiger partial charge >= 0.3 is 0 Å². The van der Waals surface area contributed by atoms with Crippen molar-refractivity contribution in [2.75, 3.05) is 13.2 Å². The molecule has 0 aliphatic carbocycles. The molecule has 0 bridgehead atoms. The molecule has 0 amide bonds. The summed E-state index contributed by atoms with van der Waals surface area (Å²) in [5.74, 6) is 0.520. The number of hydrogen-bond acceptors (Lipinski definition) is 2. The molecule has 0 N–H and O–H groups in total. The van der Waals surface area contributed by atoms with Gasteiger partial charge in [-0.3, -0.25) is 0 Å². The molecule has 0 radical (unpaired) electrons. The molecule has 1 aliphatic heterocycles. The molecule has 74 valence electrons. The highest BCUT2D eigenvalue weighted by Gasteiger charge is 2.39. The van der Waals surface area contributed by atoms with Gasteiger partial charge in [0, 0.05) is 12.6 Å². The highest BCUT2D eigenvalue weighted by molar-refractivity contribution is 5.00. The highest BCUT2D eigenvalue weighted by atomic mass is 16.5. The van der Waals surface area contributed by atoms with Crippen molar-refractivity contribution >= 4 is 0 Å². The third-order valence-corrected chi connectivity index (χ3v) is 2.65. The second-order valence-corrected chi connectivity index (χ2v) is 4.46. The van der Waals surface area contributed by atoms with Crippen LogP contribution in [0.25, 0.3) is 0 Å². The van der Waals surface area contributed by atoms with Gasteiger partial charge in [0.2, 0.25) is 0 Å². The van der Waals surface area contributed by atoms with Crippen LogP contribution in [0.5, 0.6) is 0 Å². The van der Waals surface area contributed by atoms with E-state index in [2.05, 4.69) is 38.6 Å². The summed E-state index contributed by atoms with van der Waals surface area (Å²) >= 11 is 0. The first-order chi connectivity index (χ1) is 5.99. The minimum Gasteiger partial charge on any atom is -0.372 e. The third-order valence-electron chi connectivity index (χ3n) is 2.65. The minimum atomic E-state index is -0.126. The molecular weight excluding hydrogens is 162 g/mol.